The van der Waals surface area contributed by atoms with Gasteiger partial charge >= 0.3 is 0 Å². The number of halogens is 2. The molecule has 2 aromatic heterocycles. The summed E-state index contributed by atoms with van der Waals surface area (Å²) in [5.74, 6) is 3.15. The molecule has 27 heavy (non-hydrogen) atoms. The van der Waals surface area contributed by atoms with Crippen molar-refractivity contribution in [1.29, 1.82) is 0 Å². The lowest BCUT2D eigenvalue weighted by Gasteiger charge is -2.47. The SMILES string of the molecule is FC1(c2nc(C34CCCC(C3)C(CNc3cc(Br)ccn3)CC4)no2)CC1. The molecular formula is C20H24BrFN4O. The quantitative estimate of drug-likeness (QED) is 0.705. The first-order valence-electron chi connectivity index (χ1n) is 9.95. The van der Waals surface area contributed by atoms with E-state index < -0.39 is 5.67 Å². The van der Waals surface area contributed by atoms with Gasteiger partial charge in [-0.3, -0.25) is 0 Å². The standard InChI is InChI=1S/C20H24BrFN4O/c21-15-4-9-23-16(10-15)24-12-14-3-6-19(5-1-2-13(14)11-19)17-25-18(27-26-17)20(22)7-8-20/h4,9-10,13-14H,1-3,5-8,11-12H2,(H,23,24). The third-order valence-electron chi connectivity index (χ3n) is 6.78. The molecule has 0 saturated heterocycles. The molecule has 0 spiro atoms. The number of rotatable bonds is 5. The van der Waals surface area contributed by atoms with Crippen molar-refractivity contribution in [2.24, 2.45) is 11.8 Å². The Labute approximate surface area is 166 Å². The van der Waals surface area contributed by atoms with Crippen LogP contribution in [-0.4, -0.2) is 21.7 Å². The number of nitrogens with zero attached hydrogens (tertiary/aromatic N) is 3. The van der Waals surface area contributed by atoms with Crippen LogP contribution in [0.1, 0.15) is 63.1 Å². The second-order valence-electron chi connectivity index (χ2n) is 8.56. The molecule has 0 radical (unpaired) electrons. The highest BCUT2D eigenvalue weighted by molar-refractivity contribution is 9.10. The van der Waals surface area contributed by atoms with E-state index >= 15 is 0 Å². The van der Waals surface area contributed by atoms with Crippen LogP contribution in [0.15, 0.2) is 27.3 Å². The molecule has 3 atom stereocenters. The molecule has 7 heteroatoms. The normalized spacial score (nSPS) is 31.5. The molecule has 1 N–H and O–H groups in total. The number of pyridine rings is 1. The Bertz CT molecular complexity index is 839. The summed E-state index contributed by atoms with van der Waals surface area (Å²) < 4.78 is 20.6. The van der Waals surface area contributed by atoms with Crippen molar-refractivity contribution in [2.75, 3.05) is 11.9 Å². The number of alkyl halides is 1. The van der Waals surface area contributed by atoms with Crippen molar-refractivity contribution in [3.63, 3.8) is 0 Å². The molecule has 3 aliphatic carbocycles. The number of anilines is 1. The molecule has 3 saturated carbocycles. The molecular weight excluding hydrogens is 411 g/mol. The fourth-order valence-electron chi connectivity index (χ4n) is 5.00. The molecule has 5 nitrogen and oxygen atoms in total. The number of hydrogen-bond donors (Lipinski definition) is 1. The predicted octanol–water partition coefficient (Wildman–Crippen LogP) is 5.14. The molecule has 2 heterocycles. The van der Waals surface area contributed by atoms with Gasteiger partial charge in [-0.05, 0) is 62.5 Å². The second-order valence-corrected chi connectivity index (χ2v) is 9.48. The summed E-state index contributed by atoms with van der Waals surface area (Å²) in [6.45, 7) is 0.940. The first kappa shape index (κ1) is 17.6. The Morgan fingerprint density at radius 1 is 1.26 bits per heavy atom. The molecule has 0 aliphatic heterocycles. The highest BCUT2D eigenvalue weighted by Gasteiger charge is 2.53. The van der Waals surface area contributed by atoms with Crippen LogP contribution in [0.3, 0.4) is 0 Å². The lowest BCUT2D eigenvalue weighted by atomic mass is 9.58. The van der Waals surface area contributed by atoms with Crippen molar-refractivity contribution in [1.82, 2.24) is 15.1 Å². The summed E-state index contributed by atoms with van der Waals surface area (Å²) in [7, 11) is 0. The number of fused-ring (bicyclic) bond motifs is 2. The Balaban J connectivity index is 1.28. The summed E-state index contributed by atoms with van der Waals surface area (Å²) in [4.78, 5) is 8.91. The largest absolute Gasteiger partial charge is 0.370 e. The van der Waals surface area contributed by atoms with Gasteiger partial charge in [-0.15, -0.1) is 0 Å². The average Bonchev–Trinajstić information content (AvgIpc) is 3.20. The van der Waals surface area contributed by atoms with E-state index in [1.165, 1.54) is 12.8 Å². The third kappa shape index (κ3) is 3.28. The predicted molar refractivity (Wildman–Crippen MR) is 103 cm³/mol. The Morgan fingerprint density at radius 2 is 2.15 bits per heavy atom. The van der Waals surface area contributed by atoms with Crippen LogP contribution in [0, 0.1) is 11.8 Å². The van der Waals surface area contributed by atoms with E-state index in [-0.39, 0.29) is 11.3 Å². The number of aromatic nitrogens is 3. The highest BCUT2D eigenvalue weighted by atomic mass is 79.9. The van der Waals surface area contributed by atoms with Crippen LogP contribution in [0.25, 0.3) is 0 Å². The van der Waals surface area contributed by atoms with Gasteiger partial charge in [0.15, 0.2) is 11.5 Å². The molecule has 3 aliphatic rings. The van der Waals surface area contributed by atoms with Gasteiger partial charge in [0, 0.05) is 22.6 Å². The summed E-state index contributed by atoms with van der Waals surface area (Å²) in [5, 5.41) is 7.73. The maximum atomic E-state index is 14.3. The third-order valence-corrected chi connectivity index (χ3v) is 7.28. The Kier molecular flexibility index (Phi) is 4.26. The molecule has 144 valence electrons. The van der Waals surface area contributed by atoms with Crippen LogP contribution in [-0.2, 0) is 11.1 Å². The van der Waals surface area contributed by atoms with Crippen molar-refractivity contribution in [3.8, 4) is 0 Å². The minimum atomic E-state index is -1.34. The number of hydrogen-bond acceptors (Lipinski definition) is 5. The van der Waals surface area contributed by atoms with Crippen LogP contribution >= 0.6 is 15.9 Å². The molecule has 2 aromatic rings. The first-order chi connectivity index (χ1) is 13.1. The fraction of sp³-hybridized carbons (Fsp3) is 0.650. The van der Waals surface area contributed by atoms with E-state index in [0.29, 0.717) is 24.7 Å². The lowest BCUT2D eigenvalue weighted by Crippen LogP contribution is -2.43. The Morgan fingerprint density at radius 3 is 2.96 bits per heavy atom. The summed E-state index contributed by atoms with van der Waals surface area (Å²) in [5.41, 5.74) is -1.35. The van der Waals surface area contributed by atoms with Crippen molar-refractivity contribution >= 4 is 21.7 Å². The van der Waals surface area contributed by atoms with E-state index in [1.54, 1.807) is 0 Å². The van der Waals surface area contributed by atoms with Crippen LogP contribution < -0.4 is 5.32 Å². The van der Waals surface area contributed by atoms with Gasteiger partial charge in [0.1, 0.15) is 5.82 Å². The van der Waals surface area contributed by atoms with Gasteiger partial charge in [-0.1, -0.05) is 33.9 Å². The van der Waals surface area contributed by atoms with Gasteiger partial charge in [0.2, 0.25) is 0 Å². The smallest absolute Gasteiger partial charge is 0.264 e. The first-order valence-corrected chi connectivity index (χ1v) is 10.7. The second kappa shape index (κ2) is 6.54. The van der Waals surface area contributed by atoms with Crippen molar-refractivity contribution in [3.05, 3.63) is 34.5 Å². The molecule has 0 amide bonds. The van der Waals surface area contributed by atoms with E-state index in [2.05, 4.69) is 36.4 Å². The van der Waals surface area contributed by atoms with Crippen molar-refractivity contribution < 1.29 is 8.91 Å². The van der Waals surface area contributed by atoms with E-state index in [9.17, 15) is 4.39 Å². The Hall–Kier alpha value is -1.50. The number of nitrogens with one attached hydrogen (secondary N) is 1. The maximum Gasteiger partial charge on any atom is 0.264 e. The topological polar surface area (TPSA) is 63.8 Å². The monoisotopic (exact) mass is 434 g/mol. The van der Waals surface area contributed by atoms with Gasteiger partial charge in [0.05, 0.1) is 0 Å². The van der Waals surface area contributed by atoms with Crippen LogP contribution in [0.5, 0.6) is 0 Å². The van der Waals surface area contributed by atoms with Gasteiger partial charge in [-0.25, -0.2) is 9.37 Å². The maximum absolute atomic E-state index is 14.3. The molecule has 2 bridgehead atoms. The van der Waals surface area contributed by atoms with E-state index in [1.807, 2.05) is 18.3 Å². The summed E-state index contributed by atoms with van der Waals surface area (Å²) in [6.07, 6.45) is 9.64. The zero-order valence-corrected chi connectivity index (χ0v) is 16.8. The van der Waals surface area contributed by atoms with E-state index in [4.69, 9.17) is 4.52 Å². The van der Waals surface area contributed by atoms with E-state index in [0.717, 1.165) is 48.3 Å². The average molecular weight is 435 g/mol. The molecule has 5 rings (SSSR count). The zero-order valence-electron chi connectivity index (χ0n) is 15.3. The van der Waals surface area contributed by atoms with Gasteiger partial charge < -0.3 is 9.84 Å². The van der Waals surface area contributed by atoms with Gasteiger partial charge in [0.25, 0.3) is 5.89 Å². The highest BCUT2D eigenvalue weighted by Crippen LogP contribution is 2.53. The minimum absolute atomic E-state index is 0.0135. The van der Waals surface area contributed by atoms with Crippen LogP contribution in [0.4, 0.5) is 10.2 Å². The zero-order chi connectivity index (χ0) is 18.5. The van der Waals surface area contributed by atoms with Crippen LogP contribution in [0.2, 0.25) is 0 Å². The fourth-order valence-corrected chi connectivity index (χ4v) is 5.34. The van der Waals surface area contributed by atoms with Crippen molar-refractivity contribution in [2.45, 2.75) is 62.5 Å². The summed E-state index contributed by atoms with van der Waals surface area (Å²) >= 11 is 3.49. The van der Waals surface area contributed by atoms with Gasteiger partial charge in [-0.2, -0.15) is 4.98 Å². The molecule has 3 unspecified atom stereocenters. The molecule has 3 fully saturated rings. The summed E-state index contributed by atoms with van der Waals surface area (Å²) in [6, 6.07) is 3.95. The minimum Gasteiger partial charge on any atom is -0.370 e. The molecule has 0 aromatic carbocycles. The lowest BCUT2D eigenvalue weighted by molar-refractivity contribution is 0.0897.